The van der Waals surface area contributed by atoms with Crippen LogP contribution in [0.25, 0.3) is 42.7 Å². The van der Waals surface area contributed by atoms with Gasteiger partial charge in [0.15, 0.2) is 0 Å². The van der Waals surface area contributed by atoms with E-state index in [0.717, 1.165) is 46.5 Å². The number of H-pyrrole nitrogens is 2. The van der Waals surface area contributed by atoms with Crippen molar-refractivity contribution in [2.75, 3.05) is 26.3 Å². The van der Waals surface area contributed by atoms with Gasteiger partial charge in [0.1, 0.15) is 36.9 Å². The summed E-state index contributed by atoms with van der Waals surface area (Å²) in [5.74, 6) is -5.68. The molecule has 4 heterocycles. The van der Waals surface area contributed by atoms with Crippen molar-refractivity contribution in [1.29, 1.82) is 0 Å². The van der Waals surface area contributed by atoms with E-state index in [1.54, 1.807) is 22.7 Å². The molecule has 70 heavy (non-hydrogen) atoms. The number of aromatic amines is 2. The number of nitrogens with one attached hydrogen (secondary N) is 4. The summed E-state index contributed by atoms with van der Waals surface area (Å²) < 4.78 is 11.9. The Balaban J connectivity index is 0.000000212. The zero-order valence-electron chi connectivity index (χ0n) is 38.4. The monoisotopic (exact) mass is 992 g/mol. The van der Waals surface area contributed by atoms with Crippen LogP contribution in [0.2, 0.25) is 0 Å². The molecule has 0 saturated heterocycles. The predicted octanol–water partition coefficient (Wildman–Crippen LogP) is 8.03. The molecule has 0 unspecified atom stereocenters. The molecule has 4 atom stereocenters. The third-order valence-corrected chi connectivity index (χ3v) is 12.2. The van der Waals surface area contributed by atoms with Crippen LogP contribution in [0.5, 0.6) is 11.5 Å². The van der Waals surface area contributed by atoms with E-state index in [1.165, 1.54) is 31.7 Å². The molecule has 0 aliphatic carbocycles. The fourth-order valence-electron chi connectivity index (χ4n) is 7.03. The number of para-hydroxylation sites is 4. The molecule has 0 spiro atoms. The van der Waals surface area contributed by atoms with Gasteiger partial charge in [-0.05, 0) is 97.1 Å². The van der Waals surface area contributed by atoms with Crippen molar-refractivity contribution in [2.24, 2.45) is 0 Å². The van der Waals surface area contributed by atoms with Gasteiger partial charge >= 0.3 is 23.9 Å². The van der Waals surface area contributed by atoms with Crippen molar-refractivity contribution in [2.45, 2.75) is 51.0 Å². The Labute approximate surface area is 411 Å². The van der Waals surface area contributed by atoms with Gasteiger partial charge in [-0.15, -0.1) is 22.7 Å². The summed E-state index contributed by atoms with van der Waals surface area (Å²) in [6.07, 6.45) is 4.80. The number of rotatable bonds is 18. The third-order valence-electron chi connectivity index (χ3n) is 10.4. The summed E-state index contributed by atoms with van der Waals surface area (Å²) in [7, 11) is 0. The summed E-state index contributed by atoms with van der Waals surface area (Å²) in [6.45, 7) is 5.78. The maximum atomic E-state index is 10.4. The van der Waals surface area contributed by atoms with Gasteiger partial charge in [-0.3, -0.25) is 0 Å². The quantitative estimate of drug-likeness (QED) is 0.0365. The van der Waals surface area contributed by atoms with Crippen LogP contribution < -0.4 is 20.1 Å². The minimum atomic E-state index is -1.82. The van der Waals surface area contributed by atoms with E-state index in [9.17, 15) is 10.2 Å². The second kappa shape index (κ2) is 27.6. The van der Waals surface area contributed by atoms with Crippen LogP contribution in [0.1, 0.15) is 25.0 Å². The maximum Gasteiger partial charge on any atom is 0.414 e. The lowest BCUT2D eigenvalue weighted by Crippen LogP contribution is -2.37. The topological polar surface area (TPSA) is 264 Å². The van der Waals surface area contributed by atoms with Crippen molar-refractivity contribution in [3.63, 3.8) is 0 Å². The molecular formula is C52H56N4O12S2. The average molecular weight is 993 g/mol. The van der Waals surface area contributed by atoms with Crippen molar-refractivity contribution >= 4 is 68.4 Å². The molecule has 0 fully saturated rings. The summed E-state index contributed by atoms with van der Waals surface area (Å²) in [4.78, 5) is 45.4. The van der Waals surface area contributed by atoms with Crippen LogP contribution in [0.4, 0.5) is 0 Å². The number of aliphatic hydroxyl groups is 2. The van der Waals surface area contributed by atoms with E-state index in [2.05, 4.69) is 118 Å². The molecular weight excluding hydrogens is 937 g/mol. The van der Waals surface area contributed by atoms with E-state index < -0.39 is 36.1 Å². The van der Waals surface area contributed by atoms with Gasteiger partial charge in [0.2, 0.25) is 0 Å². The van der Waals surface area contributed by atoms with Gasteiger partial charge in [0.25, 0.3) is 0 Å². The minimum Gasteiger partial charge on any atom is -0.490 e. The normalized spacial score (nSPS) is 12.4. The van der Waals surface area contributed by atoms with Crippen molar-refractivity contribution in [3.05, 3.63) is 156 Å². The predicted molar refractivity (Wildman–Crippen MR) is 272 cm³/mol. The van der Waals surface area contributed by atoms with E-state index in [0.29, 0.717) is 13.1 Å². The highest BCUT2D eigenvalue weighted by Crippen LogP contribution is 2.34. The molecule has 8 rings (SSSR count). The highest BCUT2D eigenvalue weighted by atomic mass is 32.1. The lowest BCUT2D eigenvalue weighted by atomic mass is 10.1. The van der Waals surface area contributed by atoms with Crippen LogP contribution in [0.15, 0.2) is 144 Å². The lowest BCUT2D eigenvalue weighted by molar-refractivity contribution is -0.159. The largest absolute Gasteiger partial charge is 0.490 e. The minimum absolute atomic E-state index is 0.252. The Kier molecular flexibility index (Phi) is 21.2. The van der Waals surface area contributed by atoms with Crippen molar-refractivity contribution in [3.8, 4) is 32.4 Å². The van der Waals surface area contributed by atoms with Gasteiger partial charge in [0, 0.05) is 80.3 Å². The number of carbonyl (C=O) groups is 4. The fraction of sp³-hybridized carbons (Fsp3) is 0.231. The Morgan fingerprint density at radius 3 is 1.23 bits per heavy atom. The molecule has 16 nitrogen and oxygen atoms in total. The molecule has 0 aliphatic heterocycles. The number of carboxylic acid groups (broad SMARTS) is 4. The SMILES string of the molecule is C[C@@H](Cc1c[nH]c2ccccc12)NC[C@H](O)COc1ccccc1-c1cccs1.C[C@H](Cc1c[nH]c2ccccc12)NC[C@H](O)COc1ccccc1-c1cccs1.O=C(O)C(=O)O.O=C(O)C(=O)O. The summed E-state index contributed by atoms with van der Waals surface area (Å²) in [5, 5.41) is 63.8. The van der Waals surface area contributed by atoms with E-state index in [4.69, 9.17) is 49.1 Å². The number of aliphatic hydroxyl groups excluding tert-OH is 2. The van der Waals surface area contributed by atoms with Gasteiger partial charge in [-0.25, -0.2) is 19.2 Å². The highest BCUT2D eigenvalue weighted by Gasteiger charge is 2.15. The molecule has 4 aromatic carbocycles. The number of thiophene rings is 2. The van der Waals surface area contributed by atoms with Crippen molar-refractivity contribution in [1.82, 2.24) is 20.6 Å². The number of carboxylic acids is 4. The number of hydrogen-bond acceptors (Lipinski definition) is 12. The Morgan fingerprint density at radius 1 is 0.514 bits per heavy atom. The van der Waals surface area contributed by atoms with E-state index in [1.807, 2.05) is 60.7 Å². The first kappa shape index (κ1) is 53.6. The standard InChI is InChI=1S/2C24H26N2O2S.2C2H2O4/c2*1-17(13-18-14-26-22-9-4-2-7-20(18)22)25-15-19(27)16-28-23-10-5-3-8-21(23)24-11-6-12-29-24;2*3-1(4)2(5)6/h2*2-12,14,17,19,25-27H,13,15-16H2,1H3;2*(H,3,4)(H,5,6)/t17-,19+;17-,19-;;/m10../s1. The van der Waals surface area contributed by atoms with Crippen LogP contribution in [-0.2, 0) is 32.0 Å². The molecule has 18 heteroatoms. The van der Waals surface area contributed by atoms with Gasteiger partial charge in [-0.1, -0.05) is 72.8 Å². The number of hydrogen-bond donors (Lipinski definition) is 10. The highest BCUT2D eigenvalue weighted by molar-refractivity contribution is 7.13. The number of benzene rings is 4. The number of ether oxygens (including phenoxy) is 2. The van der Waals surface area contributed by atoms with E-state index in [-0.39, 0.29) is 25.3 Å². The Hall–Kier alpha value is -7.32. The van der Waals surface area contributed by atoms with Crippen LogP contribution in [-0.4, -0.2) is 115 Å². The van der Waals surface area contributed by atoms with Crippen molar-refractivity contribution < 1.29 is 59.3 Å². The zero-order chi connectivity index (χ0) is 50.4. The number of fused-ring (bicyclic) bond motifs is 2. The first-order valence-corrected chi connectivity index (χ1v) is 23.8. The molecule has 4 aromatic heterocycles. The number of aliphatic carboxylic acids is 4. The smallest absolute Gasteiger partial charge is 0.414 e. The zero-order valence-corrected chi connectivity index (χ0v) is 40.0. The van der Waals surface area contributed by atoms with Gasteiger partial charge < -0.3 is 60.7 Å². The summed E-state index contributed by atoms with van der Waals surface area (Å²) >= 11 is 3.37. The van der Waals surface area contributed by atoms with Crippen LogP contribution >= 0.6 is 22.7 Å². The Bertz CT molecular complexity index is 2640. The molecule has 0 saturated carbocycles. The molecule has 0 amide bonds. The van der Waals surface area contributed by atoms with Gasteiger partial charge in [-0.2, -0.15) is 0 Å². The maximum absolute atomic E-state index is 10.4. The molecule has 0 bridgehead atoms. The molecule has 0 aliphatic rings. The van der Waals surface area contributed by atoms with Crippen LogP contribution in [0.3, 0.4) is 0 Å². The lowest BCUT2D eigenvalue weighted by Gasteiger charge is -2.18. The molecule has 10 N–H and O–H groups in total. The Morgan fingerprint density at radius 2 is 0.871 bits per heavy atom. The van der Waals surface area contributed by atoms with Gasteiger partial charge in [0.05, 0.1) is 0 Å². The van der Waals surface area contributed by atoms with E-state index >= 15 is 0 Å². The first-order chi connectivity index (χ1) is 33.7. The molecule has 0 radical (unpaired) electrons. The summed E-state index contributed by atoms with van der Waals surface area (Å²) in [5.41, 5.74) is 7.03. The number of aromatic nitrogens is 2. The average Bonchev–Trinajstić information content (AvgIpc) is 4.22. The second-order valence-electron chi connectivity index (χ2n) is 15.8. The molecule has 368 valence electrons. The van der Waals surface area contributed by atoms with Crippen LogP contribution in [0, 0.1) is 0 Å². The molecule has 8 aromatic rings. The fourth-order valence-corrected chi connectivity index (χ4v) is 8.54. The third kappa shape index (κ3) is 17.0. The first-order valence-electron chi connectivity index (χ1n) is 22.1. The second-order valence-corrected chi connectivity index (χ2v) is 17.7. The summed E-state index contributed by atoms with van der Waals surface area (Å²) in [6, 6.07) is 41.3.